The monoisotopic (exact) mass is 434 g/mol. The molecule has 0 radical (unpaired) electrons. The average molecular weight is 435 g/mol. The lowest BCUT2D eigenvalue weighted by atomic mass is 9.84. The SMILES string of the molecule is CC(/C=C/S(C)(=O)=O)NC(=O)N1CC[C@H](C(C)(F)F)C[C@@H]1c1ccccc1Cl. The van der Waals surface area contributed by atoms with Gasteiger partial charge in [-0.15, -0.1) is 0 Å². The Labute approximate surface area is 169 Å². The predicted octanol–water partition coefficient (Wildman–Crippen LogP) is 4.40. The van der Waals surface area contributed by atoms with Crippen molar-refractivity contribution in [1.82, 2.24) is 10.2 Å². The fourth-order valence-corrected chi connectivity index (χ4v) is 4.08. The predicted molar refractivity (Wildman–Crippen MR) is 106 cm³/mol. The van der Waals surface area contributed by atoms with Crippen LogP contribution in [0.25, 0.3) is 0 Å². The second kappa shape index (κ2) is 8.78. The van der Waals surface area contributed by atoms with Gasteiger partial charge in [0.15, 0.2) is 9.84 Å². The molecule has 5 nitrogen and oxygen atoms in total. The van der Waals surface area contributed by atoms with Gasteiger partial charge in [0, 0.05) is 35.2 Å². The third-order valence-corrected chi connectivity index (χ3v) is 5.81. The molecule has 2 rings (SSSR count). The molecule has 156 valence electrons. The average Bonchev–Trinajstić information content (AvgIpc) is 2.58. The topological polar surface area (TPSA) is 66.5 Å². The first-order chi connectivity index (χ1) is 12.9. The number of hydrogen-bond donors (Lipinski definition) is 1. The number of likely N-dealkylation sites (tertiary alicyclic amines) is 1. The minimum Gasteiger partial charge on any atom is -0.332 e. The van der Waals surface area contributed by atoms with Crippen LogP contribution < -0.4 is 5.32 Å². The number of rotatable bonds is 5. The zero-order valence-electron chi connectivity index (χ0n) is 16.0. The number of nitrogens with one attached hydrogen (secondary N) is 1. The van der Waals surface area contributed by atoms with E-state index in [0.29, 0.717) is 10.6 Å². The summed E-state index contributed by atoms with van der Waals surface area (Å²) in [6.45, 7) is 2.68. The third-order valence-electron chi connectivity index (χ3n) is 4.81. The van der Waals surface area contributed by atoms with E-state index in [1.54, 1.807) is 31.2 Å². The second-order valence-corrected chi connectivity index (χ2v) is 9.64. The Balaban J connectivity index is 2.24. The molecule has 1 aromatic carbocycles. The van der Waals surface area contributed by atoms with Gasteiger partial charge in [-0.25, -0.2) is 22.0 Å². The molecule has 9 heteroatoms. The van der Waals surface area contributed by atoms with E-state index in [2.05, 4.69) is 5.32 Å². The molecule has 0 saturated carbocycles. The van der Waals surface area contributed by atoms with E-state index < -0.39 is 39.8 Å². The van der Waals surface area contributed by atoms with E-state index in [0.717, 1.165) is 18.6 Å². The Bertz CT molecular complexity index is 840. The summed E-state index contributed by atoms with van der Waals surface area (Å²) >= 11 is 6.27. The number of halogens is 3. The standard InChI is InChI=1S/C19H25ClF2N2O3S/c1-13(9-11-28(3,26)27)23-18(25)24-10-8-14(19(2,21)22)12-17(24)15-6-4-5-7-16(15)20/h4-7,9,11,13-14,17H,8,10,12H2,1-3H3,(H,23,25)/b11-9+/t13?,14-,17+/m0/s1. The maximum absolute atomic E-state index is 13.9. The molecular formula is C19H25ClF2N2O3S. The van der Waals surface area contributed by atoms with Gasteiger partial charge < -0.3 is 10.2 Å². The Morgan fingerprint density at radius 3 is 2.61 bits per heavy atom. The normalized spacial score (nSPS) is 22.3. The fraction of sp³-hybridized carbons (Fsp3) is 0.526. The molecule has 0 aliphatic carbocycles. The van der Waals surface area contributed by atoms with E-state index in [9.17, 15) is 22.0 Å². The Hall–Kier alpha value is -1.67. The number of sulfone groups is 1. The number of carbonyl (C=O) groups is 1. The van der Waals surface area contributed by atoms with Crippen molar-refractivity contribution >= 4 is 27.5 Å². The van der Waals surface area contributed by atoms with Gasteiger partial charge in [-0.1, -0.05) is 35.9 Å². The number of nitrogens with zero attached hydrogens (tertiary/aromatic N) is 1. The first-order valence-electron chi connectivity index (χ1n) is 8.96. The summed E-state index contributed by atoms with van der Waals surface area (Å²) in [4.78, 5) is 14.3. The van der Waals surface area contributed by atoms with E-state index in [4.69, 9.17) is 11.6 Å². The highest BCUT2D eigenvalue weighted by molar-refractivity contribution is 7.93. The number of urea groups is 1. The number of piperidine rings is 1. The summed E-state index contributed by atoms with van der Waals surface area (Å²) in [6, 6.07) is 5.30. The number of hydrogen-bond acceptors (Lipinski definition) is 3. The van der Waals surface area contributed by atoms with Crippen LogP contribution in [0.5, 0.6) is 0 Å². The summed E-state index contributed by atoms with van der Waals surface area (Å²) in [5.41, 5.74) is 0.618. The van der Waals surface area contributed by atoms with Crippen LogP contribution in [-0.2, 0) is 9.84 Å². The summed E-state index contributed by atoms with van der Waals surface area (Å²) in [5.74, 6) is -3.71. The summed E-state index contributed by atoms with van der Waals surface area (Å²) in [6.07, 6.45) is 2.69. The highest BCUT2D eigenvalue weighted by Gasteiger charge is 2.42. The molecule has 0 bridgehead atoms. The zero-order valence-corrected chi connectivity index (χ0v) is 17.6. The molecule has 1 saturated heterocycles. The fourth-order valence-electron chi connectivity index (χ4n) is 3.30. The van der Waals surface area contributed by atoms with Crippen molar-refractivity contribution in [1.29, 1.82) is 0 Å². The lowest BCUT2D eigenvalue weighted by Gasteiger charge is -2.41. The minimum atomic E-state index is -3.31. The highest BCUT2D eigenvalue weighted by Crippen LogP contribution is 2.42. The van der Waals surface area contributed by atoms with Crippen LogP contribution in [0.1, 0.15) is 38.3 Å². The van der Waals surface area contributed by atoms with Crippen molar-refractivity contribution in [3.8, 4) is 0 Å². The third kappa shape index (κ3) is 6.17. The molecular weight excluding hydrogens is 410 g/mol. The summed E-state index contributed by atoms with van der Waals surface area (Å²) < 4.78 is 50.3. The van der Waals surface area contributed by atoms with Gasteiger partial charge >= 0.3 is 6.03 Å². The molecule has 1 fully saturated rings. The number of carbonyl (C=O) groups excluding carboxylic acids is 1. The van der Waals surface area contributed by atoms with Crippen LogP contribution in [-0.4, -0.2) is 44.1 Å². The maximum atomic E-state index is 13.9. The van der Waals surface area contributed by atoms with Gasteiger partial charge in [0.2, 0.25) is 5.92 Å². The van der Waals surface area contributed by atoms with E-state index in [-0.39, 0.29) is 19.4 Å². The molecule has 3 atom stereocenters. The largest absolute Gasteiger partial charge is 0.332 e. The van der Waals surface area contributed by atoms with Gasteiger partial charge in [-0.3, -0.25) is 0 Å². The van der Waals surface area contributed by atoms with Crippen LogP contribution in [0, 0.1) is 5.92 Å². The van der Waals surface area contributed by atoms with E-state index in [1.807, 2.05) is 0 Å². The summed E-state index contributed by atoms with van der Waals surface area (Å²) in [7, 11) is -3.31. The van der Waals surface area contributed by atoms with Crippen molar-refractivity contribution in [3.05, 3.63) is 46.3 Å². The quantitative estimate of drug-likeness (QED) is 0.746. The van der Waals surface area contributed by atoms with Crippen molar-refractivity contribution in [2.45, 2.75) is 44.7 Å². The second-order valence-electron chi connectivity index (χ2n) is 7.30. The van der Waals surface area contributed by atoms with Crippen LogP contribution in [0.2, 0.25) is 5.02 Å². The molecule has 0 aromatic heterocycles. The molecule has 1 aromatic rings. The molecule has 2 amide bonds. The highest BCUT2D eigenvalue weighted by atomic mass is 35.5. The number of alkyl halides is 2. The lowest BCUT2D eigenvalue weighted by molar-refractivity contribution is -0.0686. The van der Waals surface area contributed by atoms with Gasteiger partial charge in [0.1, 0.15) is 0 Å². The Morgan fingerprint density at radius 1 is 1.39 bits per heavy atom. The number of benzene rings is 1. The molecule has 1 unspecified atom stereocenters. The first-order valence-corrected chi connectivity index (χ1v) is 11.3. The smallest absolute Gasteiger partial charge is 0.318 e. The van der Waals surface area contributed by atoms with Crippen molar-refractivity contribution < 1.29 is 22.0 Å². The molecule has 0 spiro atoms. The molecule has 1 aliphatic rings. The van der Waals surface area contributed by atoms with Crippen LogP contribution in [0.15, 0.2) is 35.7 Å². The Morgan fingerprint density at radius 2 is 2.04 bits per heavy atom. The summed E-state index contributed by atoms with van der Waals surface area (Å²) in [5, 5.41) is 4.13. The van der Waals surface area contributed by atoms with Gasteiger partial charge in [0.25, 0.3) is 0 Å². The van der Waals surface area contributed by atoms with E-state index >= 15 is 0 Å². The minimum absolute atomic E-state index is 0.0915. The van der Waals surface area contributed by atoms with Crippen molar-refractivity contribution in [2.24, 2.45) is 5.92 Å². The van der Waals surface area contributed by atoms with E-state index in [1.165, 1.54) is 11.0 Å². The Kier molecular flexibility index (Phi) is 7.09. The van der Waals surface area contributed by atoms with Gasteiger partial charge in [0.05, 0.1) is 6.04 Å². The molecule has 28 heavy (non-hydrogen) atoms. The van der Waals surface area contributed by atoms with Gasteiger partial charge in [-0.05, 0) is 38.3 Å². The van der Waals surface area contributed by atoms with Crippen molar-refractivity contribution in [2.75, 3.05) is 12.8 Å². The zero-order chi connectivity index (χ0) is 21.1. The first kappa shape index (κ1) is 22.6. The van der Waals surface area contributed by atoms with Crippen LogP contribution in [0.3, 0.4) is 0 Å². The van der Waals surface area contributed by atoms with Crippen LogP contribution in [0.4, 0.5) is 13.6 Å². The molecule has 1 heterocycles. The molecule has 1 aliphatic heterocycles. The van der Waals surface area contributed by atoms with Gasteiger partial charge in [-0.2, -0.15) is 0 Å². The molecule has 1 N–H and O–H groups in total. The lowest BCUT2D eigenvalue weighted by Crippen LogP contribution is -2.50. The van der Waals surface area contributed by atoms with Crippen LogP contribution >= 0.6 is 11.6 Å². The number of amides is 2. The van der Waals surface area contributed by atoms with Crippen molar-refractivity contribution in [3.63, 3.8) is 0 Å². The maximum Gasteiger partial charge on any atom is 0.318 e.